The molecule has 1 aliphatic rings. The zero-order chi connectivity index (χ0) is 19.8. The third-order valence-electron chi connectivity index (χ3n) is 5.14. The molecular formula is C22H34N4O2. The van der Waals surface area contributed by atoms with Gasteiger partial charge in [-0.15, -0.1) is 0 Å². The molecule has 1 aromatic heterocycles. The molecule has 0 amide bonds. The monoisotopic (exact) mass is 386 g/mol. The van der Waals surface area contributed by atoms with Gasteiger partial charge in [0, 0.05) is 25.0 Å². The van der Waals surface area contributed by atoms with E-state index in [1.807, 2.05) is 25.3 Å². The standard InChI is InChI=1S/C22H34N4O2/c1-18-13-23-22(24-18)16-25(2)14-19-8-7-9-21(12-19)28-17-20(27)15-26-10-5-3-4-6-11-26/h7-9,12-13,20,27H,3-6,10-11,14-17H2,1-2H3,(H,23,24). The number of hydrogen-bond donors (Lipinski definition) is 2. The van der Waals surface area contributed by atoms with Gasteiger partial charge in [0.2, 0.25) is 0 Å². The summed E-state index contributed by atoms with van der Waals surface area (Å²) in [5.74, 6) is 1.79. The van der Waals surface area contributed by atoms with Crippen LogP contribution in [-0.4, -0.2) is 64.3 Å². The van der Waals surface area contributed by atoms with Crippen molar-refractivity contribution in [1.82, 2.24) is 19.8 Å². The molecule has 0 aliphatic carbocycles. The van der Waals surface area contributed by atoms with Gasteiger partial charge in [-0.2, -0.15) is 0 Å². The van der Waals surface area contributed by atoms with E-state index in [2.05, 4.69) is 38.9 Å². The van der Waals surface area contributed by atoms with Crippen molar-refractivity contribution >= 4 is 0 Å². The molecule has 6 heteroatoms. The van der Waals surface area contributed by atoms with E-state index in [9.17, 15) is 5.11 Å². The summed E-state index contributed by atoms with van der Waals surface area (Å²) in [6.07, 6.45) is 6.50. The van der Waals surface area contributed by atoms with Crippen molar-refractivity contribution in [2.24, 2.45) is 0 Å². The summed E-state index contributed by atoms with van der Waals surface area (Å²) < 4.78 is 5.87. The minimum Gasteiger partial charge on any atom is -0.491 e. The second-order valence-electron chi connectivity index (χ2n) is 8.01. The van der Waals surface area contributed by atoms with Crippen LogP contribution in [0.4, 0.5) is 0 Å². The molecule has 1 fully saturated rings. The molecule has 1 atom stereocenters. The Morgan fingerprint density at radius 3 is 2.71 bits per heavy atom. The highest BCUT2D eigenvalue weighted by atomic mass is 16.5. The maximum absolute atomic E-state index is 10.4. The third-order valence-corrected chi connectivity index (χ3v) is 5.14. The van der Waals surface area contributed by atoms with E-state index in [0.29, 0.717) is 13.2 Å². The number of aryl methyl sites for hydroxylation is 1. The van der Waals surface area contributed by atoms with Gasteiger partial charge in [-0.3, -0.25) is 4.90 Å². The number of ether oxygens (including phenoxy) is 1. The Labute approximate surface area is 168 Å². The Morgan fingerprint density at radius 2 is 2.00 bits per heavy atom. The first kappa shape index (κ1) is 20.8. The highest BCUT2D eigenvalue weighted by Gasteiger charge is 2.14. The summed E-state index contributed by atoms with van der Waals surface area (Å²) in [5.41, 5.74) is 2.27. The highest BCUT2D eigenvalue weighted by Crippen LogP contribution is 2.16. The molecule has 154 valence electrons. The Morgan fingerprint density at radius 1 is 1.21 bits per heavy atom. The van der Waals surface area contributed by atoms with Crippen LogP contribution < -0.4 is 4.74 Å². The van der Waals surface area contributed by atoms with Gasteiger partial charge in [-0.25, -0.2) is 4.98 Å². The number of hydrogen-bond acceptors (Lipinski definition) is 5. The highest BCUT2D eigenvalue weighted by molar-refractivity contribution is 5.28. The normalized spacial score (nSPS) is 16.9. The topological polar surface area (TPSA) is 64.6 Å². The van der Waals surface area contributed by atoms with E-state index in [-0.39, 0.29) is 0 Å². The predicted octanol–water partition coefficient (Wildman–Crippen LogP) is 2.97. The van der Waals surface area contributed by atoms with E-state index < -0.39 is 6.10 Å². The average molecular weight is 387 g/mol. The molecular weight excluding hydrogens is 352 g/mol. The van der Waals surface area contributed by atoms with Gasteiger partial charge in [0.25, 0.3) is 0 Å². The molecule has 28 heavy (non-hydrogen) atoms. The van der Waals surface area contributed by atoms with Crippen molar-refractivity contribution in [3.8, 4) is 5.75 Å². The number of aliphatic hydroxyl groups is 1. The van der Waals surface area contributed by atoms with Gasteiger partial charge in [0.05, 0.1) is 6.54 Å². The van der Waals surface area contributed by atoms with Crippen LogP contribution in [0.25, 0.3) is 0 Å². The van der Waals surface area contributed by atoms with Crippen molar-refractivity contribution in [2.45, 2.75) is 51.8 Å². The van der Waals surface area contributed by atoms with Crippen molar-refractivity contribution < 1.29 is 9.84 Å². The number of imidazole rings is 1. The van der Waals surface area contributed by atoms with Crippen LogP contribution in [0.3, 0.4) is 0 Å². The molecule has 2 aromatic rings. The van der Waals surface area contributed by atoms with Gasteiger partial charge < -0.3 is 19.7 Å². The van der Waals surface area contributed by atoms with Crippen molar-refractivity contribution in [2.75, 3.05) is 33.3 Å². The summed E-state index contributed by atoms with van der Waals surface area (Å²) in [5, 5.41) is 10.4. The Kier molecular flexibility index (Phi) is 7.89. The number of aromatic nitrogens is 2. The Hall–Kier alpha value is -1.89. The van der Waals surface area contributed by atoms with E-state index in [4.69, 9.17) is 4.74 Å². The summed E-state index contributed by atoms with van der Waals surface area (Å²) in [6.45, 7) is 6.81. The first-order valence-corrected chi connectivity index (χ1v) is 10.4. The first-order valence-electron chi connectivity index (χ1n) is 10.4. The van der Waals surface area contributed by atoms with E-state index in [0.717, 1.165) is 43.4 Å². The number of aromatic amines is 1. The van der Waals surface area contributed by atoms with E-state index in [1.54, 1.807) is 0 Å². The molecule has 1 unspecified atom stereocenters. The van der Waals surface area contributed by atoms with Crippen LogP contribution in [0.5, 0.6) is 5.75 Å². The smallest absolute Gasteiger partial charge is 0.120 e. The molecule has 3 rings (SSSR count). The summed E-state index contributed by atoms with van der Waals surface area (Å²) in [6, 6.07) is 8.13. The van der Waals surface area contributed by atoms with Gasteiger partial charge in [0.1, 0.15) is 24.3 Å². The third kappa shape index (κ3) is 6.93. The largest absolute Gasteiger partial charge is 0.491 e. The minimum atomic E-state index is -0.452. The van der Waals surface area contributed by atoms with Gasteiger partial charge in [-0.05, 0) is 57.6 Å². The molecule has 1 aromatic carbocycles. The molecule has 1 aliphatic heterocycles. The van der Waals surface area contributed by atoms with Crippen molar-refractivity contribution in [3.63, 3.8) is 0 Å². The van der Waals surface area contributed by atoms with Crippen molar-refractivity contribution in [1.29, 1.82) is 0 Å². The lowest BCUT2D eigenvalue weighted by atomic mass is 10.2. The lowest BCUT2D eigenvalue weighted by Gasteiger charge is -2.23. The fourth-order valence-corrected chi connectivity index (χ4v) is 3.77. The maximum Gasteiger partial charge on any atom is 0.120 e. The molecule has 1 saturated heterocycles. The SMILES string of the molecule is Cc1cnc(CN(C)Cc2cccc(OCC(O)CN3CCCCCC3)c2)[nH]1. The molecule has 0 saturated carbocycles. The first-order chi connectivity index (χ1) is 13.6. The zero-order valence-electron chi connectivity index (χ0n) is 17.2. The van der Waals surface area contributed by atoms with Crippen LogP contribution in [0.2, 0.25) is 0 Å². The van der Waals surface area contributed by atoms with Crippen molar-refractivity contribution in [3.05, 3.63) is 47.5 Å². The predicted molar refractivity (Wildman–Crippen MR) is 111 cm³/mol. The number of aliphatic hydroxyl groups excluding tert-OH is 1. The van der Waals surface area contributed by atoms with Gasteiger partial charge >= 0.3 is 0 Å². The Balaban J connectivity index is 1.44. The summed E-state index contributed by atoms with van der Waals surface area (Å²) >= 11 is 0. The van der Waals surface area contributed by atoms with Crippen LogP contribution in [-0.2, 0) is 13.1 Å². The van der Waals surface area contributed by atoms with E-state index in [1.165, 1.54) is 31.2 Å². The fourth-order valence-electron chi connectivity index (χ4n) is 3.77. The quantitative estimate of drug-likeness (QED) is 0.694. The second-order valence-corrected chi connectivity index (χ2v) is 8.01. The van der Waals surface area contributed by atoms with Gasteiger partial charge in [0.15, 0.2) is 0 Å². The number of β-amino-alcohol motifs (C(OH)–C–C–N with tert-alkyl or cyclic N) is 1. The molecule has 0 spiro atoms. The summed E-state index contributed by atoms with van der Waals surface area (Å²) in [7, 11) is 2.08. The summed E-state index contributed by atoms with van der Waals surface area (Å²) in [4.78, 5) is 12.2. The lowest BCUT2D eigenvalue weighted by Crippen LogP contribution is -2.36. The van der Waals surface area contributed by atoms with E-state index >= 15 is 0 Å². The number of nitrogens with zero attached hydrogens (tertiary/aromatic N) is 3. The lowest BCUT2D eigenvalue weighted by molar-refractivity contribution is 0.0693. The molecule has 2 N–H and O–H groups in total. The number of likely N-dealkylation sites (tertiary alicyclic amines) is 1. The number of nitrogens with one attached hydrogen (secondary N) is 1. The van der Waals surface area contributed by atoms with Crippen LogP contribution in [0, 0.1) is 6.92 Å². The number of rotatable bonds is 9. The average Bonchev–Trinajstić information content (AvgIpc) is 2.90. The van der Waals surface area contributed by atoms with Crippen LogP contribution in [0.15, 0.2) is 30.5 Å². The molecule has 0 radical (unpaired) electrons. The van der Waals surface area contributed by atoms with Crippen LogP contribution in [0.1, 0.15) is 42.8 Å². The fraction of sp³-hybridized carbons (Fsp3) is 0.591. The minimum absolute atomic E-state index is 0.335. The second kappa shape index (κ2) is 10.6. The molecule has 6 nitrogen and oxygen atoms in total. The number of H-pyrrole nitrogens is 1. The molecule has 2 heterocycles. The van der Waals surface area contributed by atoms with Crippen LogP contribution >= 0.6 is 0 Å². The molecule has 0 bridgehead atoms. The maximum atomic E-state index is 10.4. The zero-order valence-corrected chi connectivity index (χ0v) is 17.2. The number of benzene rings is 1. The Bertz CT molecular complexity index is 710. The van der Waals surface area contributed by atoms with Gasteiger partial charge in [-0.1, -0.05) is 25.0 Å².